The number of ether oxygens (including phenoxy) is 1. The number of carbonyl (C=O) groups excluding carboxylic acids is 1. The van der Waals surface area contributed by atoms with Gasteiger partial charge in [0.25, 0.3) is 0 Å². The molecule has 1 amide bonds. The van der Waals surface area contributed by atoms with Crippen LogP contribution in [0.1, 0.15) is 12.0 Å². The molecule has 4 aromatic carbocycles. The van der Waals surface area contributed by atoms with Crippen molar-refractivity contribution >= 4 is 28.1 Å². The van der Waals surface area contributed by atoms with Crippen LogP contribution in [0.5, 0.6) is 5.75 Å². The third-order valence-corrected chi connectivity index (χ3v) is 5.07. The zero-order valence-corrected chi connectivity index (χ0v) is 17.4. The number of fused-ring (bicyclic) bond motifs is 1. The fraction of sp³-hybridized carbons (Fsp3) is 0.148. The van der Waals surface area contributed by atoms with Crippen molar-refractivity contribution in [1.82, 2.24) is 0 Å². The van der Waals surface area contributed by atoms with Gasteiger partial charge in [-0.05, 0) is 42.0 Å². The van der Waals surface area contributed by atoms with E-state index >= 15 is 0 Å². The summed E-state index contributed by atoms with van der Waals surface area (Å²) in [6, 6.07) is 32.0. The molecule has 0 saturated heterocycles. The van der Waals surface area contributed by atoms with E-state index < -0.39 is 0 Å². The Morgan fingerprint density at radius 3 is 2.48 bits per heavy atom. The predicted molar refractivity (Wildman–Crippen MR) is 128 cm³/mol. The van der Waals surface area contributed by atoms with E-state index in [4.69, 9.17) is 4.74 Å². The van der Waals surface area contributed by atoms with Crippen molar-refractivity contribution in [3.05, 3.63) is 103 Å². The van der Waals surface area contributed by atoms with Gasteiger partial charge in [0, 0.05) is 22.8 Å². The van der Waals surface area contributed by atoms with Gasteiger partial charge in [-0.1, -0.05) is 72.8 Å². The SMILES string of the molecule is O=C(CNc1cccc(OCCCc2ccccc2)c1)Nc1cccc2ccccc12. The fourth-order valence-electron chi connectivity index (χ4n) is 3.52. The summed E-state index contributed by atoms with van der Waals surface area (Å²) >= 11 is 0. The molecule has 0 radical (unpaired) electrons. The Kier molecular flexibility index (Phi) is 6.81. The van der Waals surface area contributed by atoms with Crippen molar-refractivity contribution in [3.63, 3.8) is 0 Å². The Bertz CT molecular complexity index is 1140. The minimum absolute atomic E-state index is 0.0921. The molecule has 0 spiro atoms. The maximum Gasteiger partial charge on any atom is 0.243 e. The average Bonchev–Trinajstić information content (AvgIpc) is 2.82. The molecule has 4 nitrogen and oxygen atoms in total. The number of benzene rings is 4. The number of nitrogens with one attached hydrogen (secondary N) is 2. The van der Waals surface area contributed by atoms with E-state index in [2.05, 4.69) is 34.9 Å². The van der Waals surface area contributed by atoms with Crippen LogP contribution in [0.25, 0.3) is 10.8 Å². The van der Waals surface area contributed by atoms with Gasteiger partial charge in [0.15, 0.2) is 0 Å². The molecule has 31 heavy (non-hydrogen) atoms. The molecule has 0 saturated carbocycles. The van der Waals surface area contributed by atoms with Gasteiger partial charge in [-0.15, -0.1) is 0 Å². The first-order chi connectivity index (χ1) is 15.3. The Morgan fingerprint density at radius 2 is 1.58 bits per heavy atom. The van der Waals surface area contributed by atoms with Gasteiger partial charge < -0.3 is 15.4 Å². The molecule has 156 valence electrons. The summed E-state index contributed by atoms with van der Waals surface area (Å²) in [5, 5.41) is 8.31. The highest BCUT2D eigenvalue weighted by molar-refractivity contribution is 6.03. The number of anilines is 2. The average molecular weight is 411 g/mol. The summed E-state index contributed by atoms with van der Waals surface area (Å²) in [5.41, 5.74) is 2.99. The van der Waals surface area contributed by atoms with Crippen molar-refractivity contribution in [3.8, 4) is 5.75 Å². The maximum absolute atomic E-state index is 12.5. The number of amides is 1. The van der Waals surface area contributed by atoms with E-state index in [1.165, 1.54) is 5.56 Å². The number of carbonyl (C=O) groups is 1. The van der Waals surface area contributed by atoms with Crippen LogP contribution in [0.15, 0.2) is 97.1 Å². The fourth-order valence-corrected chi connectivity index (χ4v) is 3.52. The summed E-state index contributed by atoms with van der Waals surface area (Å²) in [5.74, 6) is 0.707. The van der Waals surface area contributed by atoms with Gasteiger partial charge in [0.2, 0.25) is 5.91 Å². The van der Waals surface area contributed by atoms with E-state index in [1.54, 1.807) is 0 Å². The van der Waals surface area contributed by atoms with Crippen LogP contribution in [0.3, 0.4) is 0 Å². The van der Waals surface area contributed by atoms with Gasteiger partial charge in [-0.25, -0.2) is 0 Å². The molecule has 0 aliphatic carbocycles. The van der Waals surface area contributed by atoms with Crippen LogP contribution in [0, 0.1) is 0 Å². The number of rotatable bonds is 9. The number of aryl methyl sites for hydroxylation is 1. The van der Waals surface area contributed by atoms with Gasteiger partial charge in [0.05, 0.1) is 13.2 Å². The minimum atomic E-state index is -0.0921. The molecular formula is C27H26N2O2. The molecule has 4 heteroatoms. The van der Waals surface area contributed by atoms with Crippen LogP contribution >= 0.6 is 0 Å². The monoisotopic (exact) mass is 410 g/mol. The van der Waals surface area contributed by atoms with E-state index in [0.29, 0.717) is 6.61 Å². The molecule has 0 bridgehead atoms. The Hall–Kier alpha value is -3.79. The zero-order valence-electron chi connectivity index (χ0n) is 17.4. The molecule has 0 unspecified atom stereocenters. The predicted octanol–water partition coefficient (Wildman–Crippen LogP) is 5.90. The molecular weight excluding hydrogens is 384 g/mol. The Morgan fingerprint density at radius 1 is 0.806 bits per heavy atom. The van der Waals surface area contributed by atoms with Crippen LogP contribution in [0.2, 0.25) is 0 Å². The first-order valence-electron chi connectivity index (χ1n) is 10.6. The Labute approximate surface area is 182 Å². The Balaban J connectivity index is 1.26. The molecule has 4 rings (SSSR count). The van der Waals surface area contributed by atoms with Crippen molar-refractivity contribution in [1.29, 1.82) is 0 Å². The second-order valence-corrected chi connectivity index (χ2v) is 7.39. The molecule has 0 fully saturated rings. The minimum Gasteiger partial charge on any atom is -0.494 e. The summed E-state index contributed by atoms with van der Waals surface area (Å²) < 4.78 is 5.88. The highest BCUT2D eigenvalue weighted by Crippen LogP contribution is 2.23. The molecule has 0 heterocycles. The third-order valence-electron chi connectivity index (χ3n) is 5.07. The molecule has 0 aliphatic heterocycles. The molecule has 0 aromatic heterocycles. The summed E-state index contributed by atoms with van der Waals surface area (Å²) in [7, 11) is 0. The van der Waals surface area contributed by atoms with E-state index in [-0.39, 0.29) is 12.5 Å². The van der Waals surface area contributed by atoms with Gasteiger partial charge in [-0.2, -0.15) is 0 Å². The summed E-state index contributed by atoms with van der Waals surface area (Å²) in [6.45, 7) is 0.834. The zero-order chi connectivity index (χ0) is 21.3. The number of hydrogen-bond donors (Lipinski definition) is 2. The normalized spacial score (nSPS) is 10.6. The number of hydrogen-bond acceptors (Lipinski definition) is 3. The van der Waals surface area contributed by atoms with Gasteiger partial charge in [-0.3, -0.25) is 4.79 Å². The van der Waals surface area contributed by atoms with E-state index in [1.807, 2.05) is 72.8 Å². The van der Waals surface area contributed by atoms with Crippen LogP contribution in [0.4, 0.5) is 11.4 Å². The highest BCUT2D eigenvalue weighted by atomic mass is 16.5. The van der Waals surface area contributed by atoms with Crippen LogP contribution < -0.4 is 15.4 Å². The second kappa shape index (κ2) is 10.3. The molecule has 0 atom stereocenters. The largest absolute Gasteiger partial charge is 0.494 e. The first kappa shape index (κ1) is 20.5. The van der Waals surface area contributed by atoms with Crippen LogP contribution in [-0.2, 0) is 11.2 Å². The van der Waals surface area contributed by atoms with E-state index in [0.717, 1.165) is 40.7 Å². The third kappa shape index (κ3) is 5.86. The lowest BCUT2D eigenvalue weighted by atomic mass is 10.1. The van der Waals surface area contributed by atoms with Crippen molar-refractivity contribution in [2.45, 2.75) is 12.8 Å². The first-order valence-corrected chi connectivity index (χ1v) is 10.6. The van der Waals surface area contributed by atoms with Crippen LogP contribution in [-0.4, -0.2) is 19.1 Å². The van der Waals surface area contributed by atoms with Crippen molar-refractivity contribution in [2.75, 3.05) is 23.8 Å². The lowest BCUT2D eigenvalue weighted by molar-refractivity contribution is -0.114. The van der Waals surface area contributed by atoms with E-state index in [9.17, 15) is 4.79 Å². The smallest absolute Gasteiger partial charge is 0.243 e. The summed E-state index contributed by atoms with van der Waals surface area (Å²) in [6.07, 6.45) is 1.95. The van der Waals surface area contributed by atoms with Gasteiger partial charge in [0.1, 0.15) is 5.75 Å². The molecule has 4 aromatic rings. The summed E-state index contributed by atoms with van der Waals surface area (Å²) in [4.78, 5) is 12.5. The quantitative estimate of drug-likeness (QED) is 0.338. The maximum atomic E-state index is 12.5. The van der Waals surface area contributed by atoms with Gasteiger partial charge >= 0.3 is 0 Å². The standard InChI is InChI=1S/C27H26N2O2/c30-27(29-26-17-6-13-22-12-4-5-16-25(22)26)20-28-23-14-7-15-24(19-23)31-18-8-11-21-9-2-1-3-10-21/h1-7,9-10,12-17,19,28H,8,11,18,20H2,(H,29,30). The lowest BCUT2D eigenvalue weighted by Crippen LogP contribution is -2.21. The van der Waals surface area contributed by atoms with Crippen molar-refractivity contribution < 1.29 is 9.53 Å². The topological polar surface area (TPSA) is 50.4 Å². The highest BCUT2D eigenvalue weighted by Gasteiger charge is 2.06. The van der Waals surface area contributed by atoms with Crippen molar-refractivity contribution in [2.24, 2.45) is 0 Å². The molecule has 2 N–H and O–H groups in total. The lowest BCUT2D eigenvalue weighted by Gasteiger charge is -2.11. The second-order valence-electron chi connectivity index (χ2n) is 7.39. The molecule has 0 aliphatic rings.